The number of hydrogen-bond acceptors (Lipinski definition) is 16. The number of Topliss-reactive ketones (excluding diaryl/α,β-unsaturated/α-hetero) is 1. The van der Waals surface area contributed by atoms with Crippen LogP contribution in [0.4, 0.5) is 13.6 Å². The van der Waals surface area contributed by atoms with Gasteiger partial charge in [0, 0.05) is 16.7 Å². The number of fused-ring (bicyclic) bond motifs is 7. The number of esters is 1. The Morgan fingerprint density at radius 1 is 1.05 bits per heavy atom. The van der Waals surface area contributed by atoms with E-state index >= 15 is 8.78 Å². The molecule has 1 saturated heterocycles. The summed E-state index contributed by atoms with van der Waals surface area (Å²) in [4.78, 5) is 81.7. The number of alkyl halides is 2. The van der Waals surface area contributed by atoms with Crippen LogP contribution in [-0.2, 0) is 38.2 Å². The molecule has 322 valence electrons. The van der Waals surface area contributed by atoms with E-state index in [1.165, 1.54) is 44.2 Å². The lowest BCUT2D eigenvalue weighted by atomic mass is 9.44. The maximum Gasteiger partial charge on any atom is 0.514 e. The zero-order valence-electron chi connectivity index (χ0n) is 33.0. The number of benzene rings is 1. The Hall–Kier alpha value is -5.08. The van der Waals surface area contributed by atoms with Gasteiger partial charge in [0.25, 0.3) is 10.2 Å². The van der Waals surface area contributed by atoms with Gasteiger partial charge < -0.3 is 38.5 Å². The predicted octanol–water partition coefficient (Wildman–Crippen LogP) is 5.01. The normalized spacial score (nSPS) is 34.2. The summed E-state index contributed by atoms with van der Waals surface area (Å²) < 4.78 is 62.1. The lowest BCUT2D eigenvalue weighted by Crippen LogP contribution is -2.71. The van der Waals surface area contributed by atoms with E-state index in [2.05, 4.69) is 9.68 Å². The number of nitrogens with zero attached hydrogens (tertiary/aromatic N) is 2. The van der Waals surface area contributed by atoms with Crippen molar-refractivity contribution < 1.29 is 76.6 Å². The number of hydrogen-bond donors (Lipinski definition) is 1. The third kappa shape index (κ3) is 7.65. The smallest absolute Gasteiger partial charge is 0.462 e. The first-order chi connectivity index (χ1) is 27.6. The van der Waals surface area contributed by atoms with Gasteiger partial charge in [0.15, 0.2) is 29.4 Å². The lowest BCUT2D eigenvalue weighted by Gasteiger charge is -2.63. The number of carbonyl (C=O) groups excluding carboxylic acids is 4. The van der Waals surface area contributed by atoms with Crippen LogP contribution in [0.2, 0.25) is 0 Å². The number of unbranched alkanes of at least 4 members (excludes halogenated alkanes) is 1. The maximum atomic E-state index is 17.7. The highest BCUT2D eigenvalue weighted by atomic mass is 19.1. The molecule has 1 N–H and O–H groups in total. The highest BCUT2D eigenvalue weighted by molar-refractivity contribution is 6.01. The molecule has 1 aromatic rings. The summed E-state index contributed by atoms with van der Waals surface area (Å²) in [6.07, 6.45) is -3.25. The van der Waals surface area contributed by atoms with Crippen LogP contribution in [0.15, 0.2) is 42.0 Å². The second-order valence-electron chi connectivity index (χ2n) is 16.6. The van der Waals surface area contributed by atoms with Crippen LogP contribution in [0.25, 0.3) is 0 Å². The van der Waals surface area contributed by atoms with E-state index in [0.29, 0.717) is 5.56 Å². The first-order valence-corrected chi connectivity index (χ1v) is 19.2. The zero-order chi connectivity index (χ0) is 43.3. The van der Waals surface area contributed by atoms with Gasteiger partial charge in [-0.15, -0.1) is 20.2 Å². The Labute approximate surface area is 336 Å². The third-order valence-corrected chi connectivity index (χ3v) is 12.7. The van der Waals surface area contributed by atoms with Gasteiger partial charge in [-0.3, -0.25) is 9.59 Å². The minimum Gasteiger partial charge on any atom is -0.462 e. The first kappa shape index (κ1) is 43.5. The van der Waals surface area contributed by atoms with Crippen molar-refractivity contribution in [2.45, 2.75) is 115 Å². The number of aliphatic hydroxyl groups is 1. The molecule has 1 aliphatic heterocycles. The average Bonchev–Trinajstić information content (AvgIpc) is 3.56. The summed E-state index contributed by atoms with van der Waals surface area (Å²) in [5.41, 5.74) is -6.79. The minimum atomic E-state index is -2.40. The fourth-order valence-electron chi connectivity index (χ4n) is 10.2. The lowest BCUT2D eigenvalue weighted by molar-refractivity contribution is -0.790. The Morgan fingerprint density at radius 3 is 2.46 bits per heavy atom. The predicted molar refractivity (Wildman–Crippen MR) is 194 cm³/mol. The number of halogens is 2. The molecule has 59 heavy (non-hydrogen) atoms. The molecule has 1 aromatic carbocycles. The van der Waals surface area contributed by atoms with Crippen LogP contribution in [0.3, 0.4) is 0 Å². The van der Waals surface area contributed by atoms with Crippen molar-refractivity contribution in [1.82, 2.24) is 0 Å². The van der Waals surface area contributed by atoms with Gasteiger partial charge >= 0.3 is 12.1 Å². The molecule has 0 radical (unpaired) electrons. The van der Waals surface area contributed by atoms with Crippen molar-refractivity contribution in [2.24, 2.45) is 22.7 Å². The van der Waals surface area contributed by atoms with E-state index in [4.69, 9.17) is 23.7 Å². The Kier molecular flexibility index (Phi) is 11.7. The Bertz CT molecular complexity index is 1970. The van der Waals surface area contributed by atoms with Crippen LogP contribution >= 0.6 is 0 Å². The zero-order valence-corrected chi connectivity index (χ0v) is 33.0. The summed E-state index contributed by atoms with van der Waals surface area (Å²) in [5.74, 6) is -5.07. The number of aliphatic hydroxyl groups excluding tert-OH is 1. The van der Waals surface area contributed by atoms with Crippen molar-refractivity contribution in [3.8, 4) is 5.75 Å². The van der Waals surface area contributed by atoms with E-state index < -0.39 is 111 Å². The molecule has 4 fully saturated rings. The molecule has 3 unspecified atom stereocenters. The highest BCUT2D eigenvalue weighted by Crippen LogP contribution is 2.72. The van der Waals surface area contributed by atoms with Crippen molar-refractivity contribution in [3.63, 3.8) is 0 Å². The van der Waals surface area contributed by atoms with Crippen molar-refractivity contribution in [2.75, 3.05) is 19.8 Å². The number of allylic oxidation sites excluding steroid dienone is 4. The number of ether oxygens (including phenoxy) is 5. The summed E-state index contributed by atoms with van der Waals surface area (Å²) in [6.45, 7) is 6.30. The monoisotopic (exact) mass is 836 g/mol. The van der Waals surface area contributed by atoms with Gasteiger partial charge in [0.2, 0.25) is 5.78 Å². The number of rotatable bonds is 15. The van der Waals surface area contributed by atoms with Crippen molar-refractivity contribution in [3.05, 3.63) is 73.4 Å². The van der Waals surface area contributed by atoms with Crippen molar-refractivity contribution >= 4 is 23.7 Å². The third-order valence-electron chi connectivity index (χ3n) is 12.7. The average molecular weight is 837 g/mol. The van der Waals surface area contributed by atoms with E-state index in [1.807, 2.05) is 0 Å². The second-order valence-corrected chi connectivity index (χ2v) is 16.6. The maximum absolute atomic E-state index is 17.7. The largest absolute Gasteiger partial charge is 0.514 e. The molecule has 0 bridgehead atoms. The summed E-state index contributed by atoms with van der Waals surface area (Å²) in [7, 11) is 0. The molecule has 1 heterocycles. The van der Waals surface area contributed by atoms with E-state index in [1.54, 1.807) is 20.8 Å². The minimum absolute atomic E-state index is 0.00794. The molecule has 0 spiro atoms. The Morgan fingerprint density at radius 2 is 1.78 bits per heavy atom. The van der Waals surface area contributed by atoms with E-state index in [-0.39, 0.29) is 62.0 Å². The summed E-state index contributed by atoms with van der Waals surface area (Å²) in [6, 6.07) is 4.01. The second kappa shape index (κ2) is 15.8. The molecule has 0 aromatic heterocycles. The molecule has 20 heteroatoms. The molecule has 3 saturated carbocycles. The fourth-order valence-corrected chi connectivity index (χ4v) is 10.2. The molecular formula is C39H46F2N2O16. The number of ketones is 2. The highest BCUT2D eigenvalue weighted by Gasteiger charge is 2.80. The molecule has 5 aliphatic rings. The van der Waals surface area contributed by atoms with Gasteiger partial charge in [0.1, 0.15) is 24.6 Å². The molecular weight excluding hydrogens is 790 g/mol. The standard InChI is InChI=1S/C39H46F2N2O16/c1-21-14-22(33(47)53-13-7-6-8-24(58-43(51)52)19-55-42(49)50)9-10-29(21)56-34(48)54-20-31(46)39-32(57-35(2,3)59-39)17-25-26-16-28(40)27-15-23(44)11-12-36(27,4)38(26,41)30(45)18-37(25,39)5/h9-12,14-15,24-26,28,30,32,45H,6-8,13,16-20H2,1-5H3/t24?,25?,26?,28-,30-,32+,36-,37-,38-,39+/m0/s1. The molecule has 18 nitrogen and oxygen atoms in total. The fraction of sp³-hybridized carbons (Fsp3) is 0.641. The topological polar surface area (TPSA) is 239 Å². The molecule has 10 atom stereocenters. The van der Waals surface area contributed by atoms with Crippen LogP contribution in [-0.4, -0.2) is 100 Å². The van der Waals surface area contributed by atoms with E-state index in [0.717, 1.165) is 6.08 Å². The van der Waals surface area contributed by atoms with Gasteiger partial charge in [-0.2, -0.15) is 0 Å². The van der Waals surface area contributed by atoms with Gasteiger partial charge in [-0.25, -0.2) is 18.4 Å². The first-order valence-electron chi connectivity index (χ1n) is 19.2. The molecule has 6 rings (SSSR count). The summed E-state index contributed by atoms with van der Waals surface area (Å²) in [5, 5.41) is 30.6. The molecule has 4 aliphatic carbocycles. The van der Waals surface area contributed by atoms with E-state index in [9.17, 15) is 44.5 Å². The SMILES string of the molecule is Cc1cc(C(=O)OCCCCC(CO[N+](=O)[O-])O[N+](=O)[O-])ccc1OC(=O)OCC(=O)[C@@]12OC(C)(C)O[C@@H]1CC1C3C[C@H](F)C4=CC(=O)C=C[C@]4(C)[C@@]3(F)[C@@H](O)C[C@@]12C. The van der Waals surface area contributed by atoms with Crippen LogP contribution in [0, 0.1) is 49.8 Å². The molecule has 0 amide bonds. The van der Waals surface area contributed by atoms with Crippen molar-refractivity contribution in [1.29, 1.82) is 0 Å². The van der Waals surface area contributed by atoms with Crippen LogP contribution in [0.5, 0.6) is 5.75 Å². The number of carbonyl (C=O) groups is 4. The van der Waals surface area contributed by atoms with Crippen LogP contribution < -0.4 is 4.74 Å². The van der Waals surface area contributed by atoms with Gasteiger partial charge in [-0.05, 0) is 114 Å². The van der Waals surface area contributed by atoms with Crippen LogP contribution in [0.1, 0.15) is 82.1 Å². The number of aryl methyl sites for hydroxylation is 1. The Balaban J connectivity index is 1.08. The van der Waals surface area contributed by atoms with Gasteiger partial charge in [-0.1, -0.05) is 13.0 Å². The van der Waals surface area contributed by atoms with Gasteiger partial charge in [0.05, 0.1) is 24.4 Å². The summed E-state index contributed by atoms with van der Waals surface area (Å²) >= 11 is 0. The quantitative estimate of drug-likeness (QED) is 0.0803.